The van der Waals surface area contributed by atoms with Crippen molar-refractivity contribution >= 4 is 44.9 Å². The minimum absolute atomic E-state index is 0.107. The monoisotopic (exact) mass is 410 g/mol. The molecule has 140 valence electrons. The van der Waals surface area contributed by atoms with Gasteiger partial charge in [-0.15, -0.1) is 0 Å². The Labute approximate surface area is 156 Å². The fourth-order valence-electron chi connectivity index (χ4n) is 2.34. The van der Waals surface area contributed by atoms with E-state index in [1.54, 1.807) is 0 Å². The van der Waals surface area contributed by atoms with Gasteiger partial charge in [0.15, 0.2) is 0 Å². The number of urea groups is 1. The smallest absolute Gasteiger partial charge is 0.319 e. The Hall–Kier alpha value is -1.10. The third-order valence-electron chi connectivity index (χ3n) is 3.62. The number of morpholine rings is 1. The number of hydrogen-bond donors (Lipinski definition) is 3. The first-order valence-corrected chi connectivity index (χ1v) is 9.94. The third-order valence-corrected chi connectivity index (χ3v) is 5.30. The van der Waals surface area contributed by atoms with Crippen LogP contribution < -0.4 is 15.8 Å². The Bertz CT molecular complexity index is 724. The average molecular weight is 411 g/mol. The number of halogens is 2. The van der Waals surface area contributed by atoms with Crippen molar-refractivity contribution in [1.82, 2.24) is 10.2 Å². The van der Waals surface area contributed by atoms with Gasteiger partial charge in [0.2, 0.25) is 10.0 Å². The maximum atomic E-state index is 11.9. The second-order valence-electron chi connectivity index (χ2n) is 5.50. The molecule has 11 heteroatoms. The highest BCUT2D eigenvalue weighted by molar-refractivity contribution is 7.89. The normalized spacial score (nSPS) is 15.8. The van der Waals surface area contributed by atoms with Crippen LogP contribution in [0.1, 0.15) is 6.42 Å². The number of sulfonamides is 1. The number of amides is 2. The van der Waals surface area contributed by atoms with Crippen molar-refractivity contribution in [3.05, 3.63) is 22.2 Å². The summed E-state index contributed by atoms with van der Waals surface area (Å²) in [5.74, 6) is 0. The lowest BCUT2D eigenvalue weighted by Gasteiger charge is -2.26. The van der Waals surface area contributed by atoms with Crippen LogP contribution in [0.15, 0.2) is 17.0 Å². The van der Waals surface area contributed by atoms with E-state index in [1.165, 1.54) is 6.07 Å². The summed E-state index contributed by atoms with van der Waals surface area (Å²) >= 11 is 11.8. The average Bonchev–Trinajstić information content (AvgIpc) is 2.54. The number of benzene rings is 1. The van der Waals surface area contributed by atoms with Gasteiger partial charge < -0.3 is 15.4 Å². The Morgan fingerprint density at radius 1 is 1.24 bits per heavy atom. The van der Waals surface area contributed by atoms with E-state index in [4.69, 9.17) is 33.1 Å². The molecule has 1 aromatic rings. The summed E-state index contributed by atoms with van der Waals surface area (Å²) in [5.41, 5.74) is 0.112. The molecular formula is C14H20Cl2N4O4S. The fourth-order valence-corrected chi connectivity index (χ4v) is 3.70. The first kappa shape index (κ1) is 20.2. The predicted molar refractivity (Wildman–Crippen MR) is 96.7 cm³/mol. The molecule has 0 bridgehead atoms. The number of primary sulfonamides is 1. The summed E-state index contributed by atoms with van der Waals surface area (Å²) in [6.45, 7) is 4.58. The van der Waals surface area contributed by atoms with Gasteiger partial charge in [0.25, 0.3) is 0 Å². The largest absolute Gasteiger partial charge is 0.379 e. The number of nitrogens with one attached hydrogen (secondary N) is 2. The third kappa shape index (κ3) is 6.28. The highest BCUT2D eigenvalue weighted by Crippen LogP contribution is 2.31. The minimum atomic E-state index is -4.02. The molecule has 0 atom stereocenters. The van der Waals surface area contributed by atoms with Gasteiger partial charge in [-0.2, -0.15) is 0 Å². The zero-order valence-corrected chi connectivity index (χ0v) is 15.8. The van der Waals surface area contributed by atoms with Crippen LogP contribution in [-0.4, -0.2) is 58.7 Å². The van der Waals surface area contributed by atoms with E-state index in [2.05, 4.69) is 15.5 Å². The SMILES string of the molecule is NS(=O)(=O)c1cc(NC(=O)NCCCN2CCOCC2)c(Cl)cc1Cl. The Balaban J connectivity index is 1.85. The summed E-state index contributed by atoms with van der Waals surface area (Å²) in [6, 6.07) is 1.86. The number of hydrogen-bond acceptors (Lipinski definition) is 5. The van der Waals surface area contributed by atoms with Gasteiger partial charge in [-0.25, -0.2) is 18.4 Å². The molecule has 4 N–H and O–H groups in total. The number of nitrogens with two attached hydrogens (primary N) is 1. The van der Waals surface area contributed by atoms with E-state index in [-0.39, 0.29) is 20.6 Å². The van der Waals surface area contributed by atoms with Gasteiger partial charge in [-0.05, 0) is 25.1 Å². The molecule has 25 heavy (non-hydrogen) atoms. The number of rotatable bonds is 6. The minimum Gasteiger partial charge on any atom is -0.379 e. The standard InChI is InChI=1S/C14H20Cl2N4O4S/c15-10-8-11(16)13(25(17,22)23)9-12(10)19-14(21)18-2-1-3-20-4-6-24-7-5-20/h8-9H,1-7H2,(H2,17,22,23)(H2,18,19,21). The predicted octanol–water partition coefficient (Wildman–Crippen LogP) is 1.48. The summed E-state index contributed by atoms with van der Waals surface area (Å²) in [4.78, 5) is 13.9. The van der Waals surface area contributed by atoms with E-state index in [1.807, 2.05) is 0 Å². The topological polar surface area (TPSA) is 114 Å². The number of nitrogens with zero attached hydrogens (tertiary/aromatic N) is 1. The van der Waals surface area contributed by atoms with Crippen LogP contribution >= 0.6 is 23.2 Å². The lowest BCUT2D eigenvalue weighted by Crippen LogP contribution is -2.38. The zero-order chi connectivity index (χ0) is 18.4. The molecule has 1 heterocycles. The first-order chi connectivity index (χ1) is 11.8. The molecule has 8 nitrogen and oxygen atoms in total. The highest BCUT2D eigenvalue weighted by Gasteiger charge is 2.17. The lowest BCUT2D eigenvalue weighted by molar-refractivity contribution is 0.0375. The van der Waals surface area contributed by atoms with E-state index in [0.29, 0.717) is 6.54 Å². The van der Waals surface area contributed by atoms with Crippen LogP contribution in [0.5, 0.6) is 0 Å². The summed E-state index contributed by atoms with van der Waals surface area (Å²) < 4.78 is 28.2. The number of ether oxygens (including phenoxy) is 1. The molecule has 1 aromatic carbocycles. The molecule has 0 aliphatic carbocycles. The fraction of sp³-hybridized carbons (Fsp3) is 0.500. The molecule has 0 unspecified atom stereocenters. The molecule has 1 saturated heterocycles. The molecular weight excluding hydrogens is 391 g/mol. The number of anilines is 1. The molecule has 0 spiro atoms. The Morgan fingerprint density at radius 3 is 2.56 bits per heavy atom. The molecule has 0 aromatic heterocycles. The second kappa shape index (κ2) is 9.02. The summed E-state index contributed by atoms with van der Waals surface area (Å²) in [7, 11) is -4.02. The van der Waals surface area contributed by atoms with Crippen molar-refractivity contribution < 1.29 is 17.9 Å². The van der Waals surface area contributed by atoms with Gasteiger partial charge in [0, 0.05) is 19.6 Å². The van der Waals surface area contributed by atoms with Crippen LogP contribution in [-0.2, 0) is 14.8 Å². The van der Waals surface area contributed by atoms with E-state index in [0.717, 1.165) is 45.3 Å². The number of carbonyl (C=O) groups excluding carboxylic acids is 1. The van der Waals surface area contributed by atoms with Crippen molar-refractivity contribution in [3.8, 4) is 0 Å². The van der Waals surface area contributed by atoms with E-state index in [9.17, 15) is 13.2 Å². The molecule has 1 aliphatic rings. The Morgan fingerprint density at radius 2 is 1.92 bits per heavy atom. The second-order valence-corrected chi connectivity index (χ2v) is 7.84. The van der Waals surface area contributed by atoms with Crippen molar-refractivity contribution in [1.29, 1.82) is 0 Å². The molecule has 0 radical (unpaired) electrons. The Kier molecular flexibility index (Phi) is 7.29. The van der Waals surface area contributed by atoms with Crippen molar-refractivity contribution in [2.75, 3.05) is 44.7 Å². The lowest BCUT2D eigenvalue weighted by atomic mass is 10.3. The first-order valence-electron chi connectivity index (χ1n) is 7.64. The van der Waals surface area contributed by atoms with Crippen molar-refractivity contribution in [2.24, 2.45) is 5.14 Å². The number of carbonyl (C=O) groups is 1. The molecule has 1 aliphatic heterocycles. The van der Waals surface area contributed by atoms with Gasteiger partial charge >= 0.3 is 6.03 Å². The quantitative estimate of drug-likeness (QED) is 0.614. The molecule has 2 amide bonds. The zero-order valence-electron chi connectivity index (χ0n) is 13.4. The molecule has 1 fully saturated rings. The van der Waals surface area contributed by atoms with Gasteiger partial charge in [-0.3, -0.25) is 4.90 Å². The van der Waals surface area contributed by atoms with Crippen LogP contribution in [0, 0.1) is 0 Å². The highest BCUT2D eigenvalue weighted by atomic mass is 35.5. The maximum Gasteiger partial charge on any atom is 0.319 e. The maximum absolute atomic E-state index is 11.9. The van der Waals surface area contributed by atoms with Gasteiger partial charge in [-0.1, -0.05) is 23.2 Å². The molecule has 0 saturated carbocycles. The van der Waals surface area contributed by atoms with Gasteiger partial charge in [0.05, 0.1) is 28.9 Å². The van der Waals surface area contributed by atoms with Crippen LogP contribution in [0.2, 0.25) is 10.0 Å². The van der Waals surface area contributed by atoms with Crippen LogP contribution in [0.4, 0.5) is 10.5 Å². The van der Waals surface area contributed by atoms with Crippen molar-refractivity contribution in [2.45, 2.75) is 11.3 Å². The van der Waals surface area contributed by atoms with Crippen molar-refractivity contribution in [3.63, 3.8) is 0 Å². The van der Waals surface area contributed by atoms with E-state index >= 15 is 0 Å². The van der Waals surface area contributed by atoms with Crippen LogP contribution in [0.3, 0.4) is 0 Å². The summed E-state index contributed by atoms with van der Waals surface area (Å²) in [6.07, 6.45) is 0.782. The van der Waals surface area contributed by atoms with E-state index < -0.39 is 16.1 Å². The summed E-state index contributed by atoms with van der Waals surface area (Å²) in [5, 5.41) is 10.3. The molecule has 2 rings (SSSR count). The van der Waals surface area contributed by atoms with Gasteiger partial charge in [0.1, 0.15) is 4.90 Å². The van der Waals surface area contributed by atoms with Crippen LogP contribution in [0.25, 0.3) is 0 Å².